The maximum Gasteiger partial charge on any atom is 0.362 e. The molecule has 0 aliphatic heterocycles. The van der Waals surface area contributed by atoms with Crippen molar-refractivity contribution in [2.75, 3.05) is 41.0 Å². The minimum atomic E-state index is -0.882. The van der Waals surface area contributed by atoms with Crippen LogP contribution in [0.25, 0.3) is 0 Å². The molecule has 282 valence electrons. The van der Waals surface area contributed by atoms with Gasteiger partial charge in [0, 0.05) is 19.3 Å². The summed E-state index contributed by atoms with van der Waals surface area (Å²) in [6.45, 7) is 4.60. The third kappa shape index (κ3) is 31.0. The molecule has 2 atom stereocenters. The van der Waals surface area contributed by atoms with E-state index in [-0.39, 0.29) is 36.2 Å². The van der Waals surface area contributed by atoms with E-state index in [4.69, 9.17) is 14.2 Å². The third-order valence-corrected chi connectivity index (χ3v) is 8.33. The molecule has 0 spiro atoms. The molecule has 49 heavy (non-hydrogen) atoms. The molecule has 8 nitrogen and oxygen atoms in total. The van der Waals surface area contributed by atoms with Crippen molar-refractivity contribution in [1.29, 1.82) is 0 Å². The van der Waals surface area contributed by atoms with Gasteiger partial charge in [-0.05, 0) is 38.5 Å². The number of carboxylic acid groups (broad SMARTS) is 1. The highest BCUT2D eigenvalue weighted by atomic mass is 16.6. The van der Waals surface area contributed by atoms with Crippen LogP contribution in [0.15, 0.2) is 48.6 Å². The predicted octanol–water partition coefficient (Wildman–Crippen LogP) is 9.68. The van der Waals surface area contributed by atoms with E-state index in [2.05, 4.69) is 56.4 Å². The highest BCUT2D eigenvalue weighted by Crippen LogP contribution is 2.12. The Bertz CT molecular complexity index is 948. The number of quaternary nitrogens is 1. The van der Waals surface area contributed by atoms with Crippen molar-refractivity contribution >= 4 is 17.9 Å². The van der Waals surface area contributed by atoms with Crippen LogP contribution in [0.1, 0.15) is 142 Å². The minimum absolute atomic E-state index is 0.0526. The van der Waals surface area contributed by atoms with Crippen LogP contribution in [0.5, 0.6) is 0 Å². The van der Waals surface area contributed by atoms with E-state index in [9.17, 15) is 19.5 Å². The van der Waals surface area contributed by atoms with Crippen molar-refractivity contribution in [3.05, 3.63) is 48.6 Å². The van der Waals surface area contributed by atoms with E-state index in [1.165, 1.54) is 44.9 Å². The van der Waals surface area contributed by atoms with Crippen LogP contribution < -0.4 is 0 Å². The summed E-state index contributed by atoms with van der Waals surface area (Å²) in [5.74, 6) is -1.51. The van der Waals surface area contributed by atoms with Crippen molar-refractivity contribution in [3.8, 4) is 0 Å². The standard InChI is InChI=1S/C41H71NO7/c1-6-8-10-12-14-15-16-17-18-19-20-21-22-23-24-26-27-29-31-39(43)48-36-37(35-47-34-33-38(41(45)46)42(3,4)5)49-40(44)32-30-28-25-13-11-9-7-2/h14-21,37-38H,6-13,22-36H2,1-5H3/p+1/b15-14+,17-16+,19-18+,21-20+. The van der Waals surface area contributed by atoms with Crippen molar-refractivity contribution < 1.29 is 38.2 Å². The number of ether oxygens (including phenoxy) is 3. The molecule has 0 bridgehead atoms. The second kappa shape index (κ2) is 32.5. The maximum absolute atomic E-state index is 12.5. The summed E-state index contributed by atoms with van der Waals surface area (Å²) in [7, 11) is 5.50. The van der Waals surface area contributed by atoms with E-state index < -0.39 is 18.1 Å². The molecular formula is C41H72NO7+. The Labute approximate surface area is 299 Å². The first-order valence-electron chi connectivity index (χ1n) is 19.2. The normalized spacial score (nSPS) is 13.6. The van der Waals surface area contributed by atoms with Crippen LogP contribution in [0.4, 0.5) is 0 Å². The average molecular weight is 691 g/mol. The van der Waals surface area contributed by atoms with Crippen LogP contribution in [0, 0.1) is 0 Å². The largest absolute Gasteiger partial charge is 0.477 e. The monoisotopic (exact) mass is 691 g/mol. The smallest absolute Gasteiger partial charge is 0.362 e. The van der Waals surface area contributed by atoms with Gasteiger partial charge in [0.25, 0.3) is 0 Å². The van der Waals surface area contributed by atoms with Gasteiger partial charge in [0.2, 0.25) is 0 Å². The number of likely N-dealkylation sites (N-methyl/N-ethyl adjacent to an activating group) is 1. The van der Waals surface area contributed by atoms with Crippen LogP contribution in [-0.4, -0.2) is 80.6 Å². The number of carbonyl (C=O) groups excluding carboxylic acids is 2. The fourth-order valence-corrected chi connectivity index (χ4v) is 5.28. The van der Waals surface area contributed by atoms with Crippen LogP contribution in [-0.2, 0) is 28.6 Å². The lowest BCUT2D eigenvalue weighted by atomic mass is 10.1. The molecule has 0 saturated heterocycles. The van der Waals surface area contributed by atoms with Crippen LogP contribution in [0.2, 0.25) is 0 Å². The van der Waals surface area contributed by atoms with Crippen molar-refractivity contribution in [2.45, 2.75) is 154 Å². The van der Waals surface area contributed by atoms with Gasteiger partial charge in [-0.2, -0.15) is 0 Å². The number of carbonyl (C=O) groups is 3. The van der Waals surface area contributed by atoms with Gasteiger partial charge in [-0.25, -0.2) is 4.79 Å². The SMILES string of the molecule is CCCCC/C=C/C=C/C=C/C=C/CCCCCCCC(=O)OCC(COCCC(C(=O)O)[N+](C)(C)C)OC(=O)CCCCCCCCC. The summed E-state index contributed by atoms with van der Waals surface area (Å²) in [6, 6.07) is -0.616. The number of nitrogens with zero attached hydrogens (tertiary/aromatic N) is 1. The van der Waals surface area contributed by atoms with Gasteiger partial charge in [-0.3, -0.25) is 9.59 Å². The molecule has 0 aliphatic carbocycles. The highest BCUT2D eigenvalue weighted by molar-refractivity contribution is 5.72. The summed E-state index contributed by atoms with van der Waals surface area (Å²) in [5, 5.41) is 9.56. The topological polar surface area (TPSA) is 99.1 Å². The van der Waals surface area contributed by atoms with Gasteiger partial charge < -0.3 is 23.8 Å². The number of hydrogen-bond acceptors (Lipinski definition) is 6. The molecule has 0 aliphatic rings. The number of unbranched alkanes of at least 4 members (excludes halogenated alkanes) is 14. The second-order valence-corrected chi connectivity index (χ2v) is 13.9. The van der Waals surface area contributed by atoms with E-state index in [1.54, 1.807) is 0 Å². The number of allylic oxidation sites excluding steroid dienone is 8. The zero-order valence-corrected chi connectivity index (χ0v) is 31.9. The Morgan fingerprint density at radius 2 is 1.08 bits per heavy atom. The summed E-state index contributed by atoms with van der Waals surface area (Å²) < 4.78 is 17.1. The number of hydrogen-bond donors (Lipinski definition) is 1. The molecule has 0 heterocycles. The fraction of sp³-hybridized carbons (Fsp3) is 0.732. The lowest BCUT2D eigenvalue weighted by molar-refractivity contribution is -0.887. The number of rotatable bonds is 33. The minimum Gasteiger partial charge on any atom is -0.477 e. The molecule has 1 N–H and O–H groups in total. The zero-order valence-electron chi connectivity index (χ0n) is 31.9. The van der Waals surface area contributed by atoms with Gasteiger partial charge in [-0.1, -0.05) is 133 Å². The molecule has 8 heteroatoms. The number of carboxylic acids is 1. The van der Waals surface area contributed by atoms with E-state index >= 15 is 0 Å². The van der Waals surface area contributed by atoms with Gasteiger partial charge in [-0.15, -0.1) is 0 Å². The van der Waals surface area contributed by atoms with Crippen LogP contribution in [0.3, 0.4) is 0 Å². The van der Waals surface area contributed by atoms with Crippen molar-refractivity contribution in [3.63, 3.8) is 0 Å². The fourth-order valence-electron chi connectivity index (χ4n) is 5.28. The van der Waals surface area contributed by atoms with E-state index in [0.29, 0.717) is 19.3 Å². The first-order chi connectivity index (χ1) is 23.6. The average Bonchev–Trinajstić information content (AvgIpc) is 3.05. The number of esters is 2. The first-order valence-corrected chi connectivity index (χ1v) is 19.2. The molecule has 0 fully saturated rings. The Balaban J connectivity index is 4.37. The van der Waals surface area contributed by atoms with Crippen LogP contribution >= 0.6 is 0 Å². The van der Waals surface area contributed by atoms with Gasteiger partial charge >= 0.3 is 17.9 Å². The van der Waals surface area contributed by atoms with E-state index in [1.807, 2.05) is 27.2 Å². The summed E-state index contributed by atoms with van der Waals surface area (Å²) in [4.78, 5) is 36.6. The quantitative estimate of drug-likeness (QED) is 0.0317. The lowest BCUT2D eigenvalue weighted by Gasteiger charge is -2.31. The summed E-state index contributed by atoms with van der Waals surface area (Å²) in [6.07, 6.45) is 35.9. The molecule has 2 unspecified atom stereocenters. The second-order valence-electron chi connectivity index (χ2n) is 13.9. The number of aliphatic carboxylic acids is 1. The van der Waals surface area contributed by atoms with Gasteiger partial charge in [0.15, 0.2) is 12.1 Å². The summed E-state index contributed by atoms with van der Waals surface area (Å²) in [5.41, 5.74) is 0. The molecule has 0 rings (SSSR count). The van der Waals surface area contributed by atoms with Gasteiger partial charge in [0.05, 0.1) is 34.4 Å². The molecule has 0 radical (unpaired) electrons. The molecule has 0 aromatic rings. The Morgan fingerprint density at radius 1 is 0.612 bits per heavy atom. The van der Waals surface area contributed by atoms with Crippen molar-refractivity contribution in [1.82, 2.24) is 0 Å². The first kappa shape index (κ1) is 46.3. The molecule has 0 aromatic heterocycles. The Morgan fingerprint density at radius 3 is 1.63 bits per heavy atom. The Kier molecular flexibility index (Phi) is 30.7. The van der Waals surface area contributed by atoms with Crippen molar-refractivity contribution in [2.24, 2.45) is 0 Å². The predicted molar refractivity (Wildman–Crippen MR) is 201 cm³/mol. The third-order valence-electron chi connectivity index (χ3n) is 8.33. The highest BCUT2D eigenvalue weighted by Gasteiger charge is 2.31. The maximum atomic E-state index is 12.5. The molecular weight excluding hydrogens is 618 g/mol. The molecule has 0 aromatic carbocycles. The van der Waals surface area contributed by atoms with Gasteiger partial charge in [0.1, 0.15) is 6.61 Å². The zero-order chi connectivity index (χ0) is 36.4. The molecule has 0 saturated carbocycles. The molecule has 0 amide bonds. The van der Waals surface area contributed by atoms with E-state index in [0.717, 1.165) is 64.2 Å². The Hall–Kier alpha value is -2.71. The lowest BCUT2D eigenvalue weighted by Crippen LogP contribution is -2.50. The summed E-state index contributed by atoms with van der Waals surface area (Å²) >= 11 is 0.